The summed E-state index contributed by atoms with van der Waals surface area (Å²) in [7, 11) is 1.47. The van der Waals surface area contributed by atoms with E-state index in [0.29, 0.717) is 12.1 Å². The first-order chi connectivity index (χ1) is 9.11. The molecule has 2 aromatic rings. The first kappa shape index (κ1) is 13.6. The van der Waals surface area contributed by atoms with Gasteiger partial charge in [-0.05, 0) is 25.1 Å². The fourth-order valence-electron chi connectivity index (χ4n) is 2.14. The van der Waals surface area contributed by atoms with Crippen LogP contribution in [0.5, 0.6) is 5.75 Å². The van der Waals surface area contributed by atoms with E-state index < -0.39 is 0 Å². The molecule has 2 N–H and O–H groups in total. The highest BCUT2D eigenvalue weighted by Crippen LogP contribution is 2.21. The Morgan fingerprint density at radius 3 is 2.79 bits per heavy atom. The van der Waals surface area contributed by atoms with E-state index in [1.807, 2.05) is 29.8 Å². The number of methoxy groups -OCH3 is 1. The summed E-state index contributed by atoms with van der Waals surface area (Å²) in [5.74, 6) is -0.0242. The maximum absolute atomic E-state index is 14.1. The number of hydrogen-bond donors (Lipinski definition) is 1. The molecule has 3 nitrogen and oxygen atoms in total. The van der Waals surface area contributed by atoms with E-state index in [4.69, 9.17) is 10.5 Å². The lowest BCUT2D eigenvalue weighted by molar-refractivity contribution is 0.383. The Morgan fingerprint density at radius 2 is 2.11 bits per heavy atom. The van der Waals surface area contributed by atoms with E-state index in [1.165, 1.54) is 7.11 Å². The molecule has 4 heteroatoms. The fourth-order valence-corrected chi connectivity index (χ4v) is 2.14. The number of rotatable bonds is 5. The number of aromatic nitrogens is 1. The van der Waals surface area contributed by atoms with Crippen LogP contribution in [-0.2, 0) is 13.0 Å². The van der Waals surface area contributed by atoms with Gasteiger partial charge in [-0.1, -0.05) is 12.1 Å². The van der Waals surface area contributed by atoms with Crippen molar-refractivity contribution in [2.75, 3.05) is 7.11 Å². The molecule has 0 aliphatic rings. The van der Waals surface area contributed by atoms with Crippen molar-refractivity contribution in [3.05, 3.63) is 53.6 Å². The summed E-state index contributed by atoms with van der Waals surface area (Å²) in [4.78, 5) is 0. The fraction of sp³-hybridized carbons (Fsp3) is 0.333. The van der Waals surface area contributed by atoms with Gasteiger partial charge in [0.25, 0.3) is 0 Å². The Hall–Kier alpha value is -1.81. The van der Waals surface area contributed by atoms with Gasteiger partial charge in [-0.3, -0.25) is 0 Å². The third-order valence-electron chi connectivity index (χ3n) is 3.06. The molecule has 2 rings (SSSR count). The minimum Gasteiger partial charge on any atom is -0.494 e. The van der Waals surface area contributed by atoms with Gasteiger partial charge in [0.1, 0.15) is 0 Å². The van der Waals surface area contributed by atoms with Crippen LogP contribution >= 0.6 is 0 Å². The van der Waals surface area contributed by atoms with Crippen LogP contribution in [0.3, 0.4) is 0 Å². The molecule has 1 aromatic carbocycles. The summed E-state index contributed by atoms with van der Waals surface area (Å²) in [5, 5.41) is 0. The van der Waals surface area contributed by atoms with Crippen LogP contribution in [0.25, 0.3) is 0 Å². The Balaban J connectivity index is 2.24. The smallest absolute Gasteiger partial charge is 0.170 e. The lowest BCUT2D eigenvalue weighted by Crippen LogP contribution is -2.20. The number of halogens is 1. The summed E-state index contributed by atoms with van der Waals surface area (Å²) in [6, 6.07) is 9.25. The molecule has 0 bridgehead atoms. The zero-order valence-electron chi connectivity index (χ0n) is 11.3. The zero-order valence-corrected chi connectivity index (χ0v) is 11.3. The van der Waals surface area contributed by atoms with Gasteiger partial charge < -0.3 is 15.0 Å². The quantitative estimate of drug-likeness (QED) is 0.899. The minimum absolute atomic E-state index is 0.0869. The molecule has 1 atom stereocenters. The maximum atomic E-state index is 14.1. The topological polar surface area (TPSA) is 40.2 Å². The van der Waals surface area contributed by atoms with Gasteiger partial charge in [0.2, 0.25) is 0 Å². The first-order valence-electron chi connectivity index (χ1n) is 6.32. The third-order valence-corrected chi connectivity index (χ3v) is 3.06. The van der Waals surface area contributed by atoms with Gasteiger partial charge in [0.05, 0.1) is 13.7 Å². The molecular formula is C15H19FN2O. The summed E-state index contributed by atoms with van der Waals surface area (Å²) in [6.45, 7) is 2.45. The molecule has 0 radical (unpaired) electrons. The largest absolute Gasteiger partial charge is 0.494 e. The van der Waals surface area contributed by atoms with Crippen molar-refractivity contribution >= 4 is 0 Å². The van der Waals surface area contributed by atoms with Crippen LogP contribution in [0.2, 0.25) is 0 Å². The van der Waals surface area contributed by atoms with E-state index >= 15 is 0 Å². The maximum Gasteiger partial charge on any atom is 0.170 e. The van der Waals surface area contributed by atoms with Crippen molar-refractivity contribution in [1.29, 1.82) is 0 Å². The molecule has 0 aliphatic heterocycles. The molecule has 0 aliphatic carbocycles. The molecule has 0 spiro atoms. The van der Waals surface area contributed by atoms with Gasteiger partial charge in [-0.15, -0.1) is 0 Å². The summed E-state index contributed by atoms with van der Waals surface area (Å²) in [5.41, 5.74) is 7.54. The highest BCUT2D eigenvalue weighted by atomic mass is 19.1. The number of ether oxygens (including phenoxy) is 1. The van der Waals surface area contributed by atoms with Crippen molar-refractivity contribution in [2.24, 2.45) is 5.73 Å². The van der Waals surface area contributed by atoms with Gasteiger partial charge in [0, 0.05) is 29.9 Å². The second-order valence-electron chi connectivity index (χ2n) is 4.74. The predicted octanol–water partition coefficient (Wildman–Crippen LogP) is 2.57. The van der Waals surface area contributed by atoms with Crippen molar-refractivity contribution in [1.82, 2.24) is 4.57 Å². The molecule has 0 saturated heterocycles. The van der Waals surface area contributed by atoms with Crippen LogP contribution in [0, 0.1) is 5.82 Å². The van der Waals surface area contributed by atoms with Gasteiger partial charge in [-0.2, -0.15) is 0 Å². The van der Waals surface area contributed by atoms with Crippen molar-refractivity contribution in [3.63, 3.8) is 0 Å². The SMILES string of the molecule is COc1cccc(Cn2cccc2CC(C)N)c1F. The Bertz CT molecular complexity index is 549. The molecule has 0 saturated carbocycles. The number of hydrogen-bond acceptors (Lipinski definition) is 2. The Morgan fingerprint density at radius 1 is 1.32 bits per heavy atom. The molecule has 0 amide bonds. The van der Waals surface area contributed by atoms with Crippen LogP contribution in [-0.4, -0.2) is 17.7 Å². The van der Waals surface area contributed by atoms with Gasteiger partial charge >= 0.3 is 0 Å². The van der Waals surface area contributed by atoms with Crippen LogP contribution in [0.4, 0.5) is 4.39 Å². The van der Waals surface area contributed by atoms with Crippen LogP contribution < -0.4 is 10.5 Å². The van der Waals surface area contributed by atoms with E-state index in [1.54, 1.807) is 18.2 Å². The van der Waals surface area contributed by atoms with Gasteiger partial charge in [0.15, 0.2) is 11.6 Å². The Kier molecular flexibility index (Phi) is 4.22. The average Bonchev–Trinajstić information content (AvgIpc) is 2.78. The van der Waals surface area contributed by atoms with E-state index in [2.05, 4.69) is 0 Å². The Labute approximate surface area is 112 Å². The number of nitrogens with two attached hydrogens (primary N) is 1. The molecule has 1 aromatic heterocycles. The second-order valence-corrected chi connectivity index (χ2v) is 4.74. The van der Waals surface area contributed by atoms with Crippen molar-refractivity contribution < 1.29 is 9.13 Å². The number of benzene rings is 1. The van der Waals surface area contributed by atoms with Crippen molar-refractivity contribution in [2.45, 2.75) is 25.9 Å². The normalized spacial score (nSPS) is 12.4. The summed E-state index contributed by atoms with van der Waals surface area (Å²) < 4.78 is 21.1. The highest BCUT2D eigenvalue weighted by molar-refractivity contribution is 5.31. The average molecular weight is 262 g/mol. The van der Waals surface area contributed by atoms with Gasteiger partial charge in [-0.25, -0.2) is 4.39 Å². The molecule has 1 unspecified atom stereocenters. The number of nitrogens with zero attached hydrogens (tertiary/aromatic N) is 1. The molecule has 1 heterocycles. The lowest BCUT2D eigenvalue weighted by atomic mass is 10.1. The first-order valence-corrected chi connectivity index (χ1v) is 6.32. The van der Waals surface area contributed by atoms with Crippen LogP contribution in [0.1, 0.15) is 18.2 Å². The third kappa shape index (κ3) is 3.15. The highest BCUT2D eigenvalue weighted by Gasteiger charge is 2.10. The molecule has 102 valence electrons. The second kappa shape index (κ2) is 5.89. The summed E-state index contributed by atoms with van der Waals surface area (Å²) >= 11 is 0. The predicted molar refractivity (Wildman–Crippen MR) is 73.8 cm³/mol. The summed E-state index contributed by atoms with van der Waals surface area (Å²) in [6.07, 6.45) is 2.72. The lowest BCUT2D eigenvalue weighted by Gasteiger charge is -2.13. The van der Waals surface area contributed by atoms with E-state index in [9.17, 15) is 4.39 Å². The minimum atomic E-state index is -0.301. The van der Waals surface area contributed by atoms with E-state index in [-0.39, 0.29) is 17.6 Å². The van der Waals surface area contributed by atoms with E-state index in [0.717, 1.165) is 12.1 Å². The monoisotopic (exact) mass is 262 g/mol. The molecule has 19 heavy (non-hydrogen) atoms. The zero-order chi connectivity index (χ0) is 13.8. The molecular weight excluding hydrogens is 243 g/mol. The van der Waals surface area contributed by atoms with Crippen molar-refractivity contribution in [3.8, 4) is 5.75 Å². The standard InChI is InChI=1S/C15H19FN2O/c1-11(17)9-13-6-4-8-18(13)10-12-5-3-7-14(19-2)15(12)16/h3-8,11H,9-10,17H2,1-2H3. The molecule has 0 fully saturated rings. The van der Waals surface area contributed by atoms with Crippen LogP contribution in [0.15, 0.2) is 36.5 Å².